The molecule has 0 N–H and O–H groups in total. The number of anilines is 1. The van der Waals surface area contributed by atoms with Crippen LogP contribution in [0.15, 0.2) is 36.5 Å². The summed E-state index contributed by atoms with van der Waals surface area (Å²) in [4.78, 5) is 20.5. The number of carbonyl (C=O) groups excluding carboxylic acids is 1. The predicted octanol–water partition coefficient (Wildman–Crippen LogP) is 4.48. The molecule has 0 bridgehead atoms. The maximum atomic E-state index is 13.2. The van der Waals surface area contributed by atoms with E-state index in [0.717, 1.165) is 48.8 Å². The minimum Gasteiger partial charge on any atom is -0.453 e. The first-order chi connectivity index (χ1) is 16.0. The molecule has 33 heavy (non-hydrogen) atoms. The summed E-state index contributed by atoms with van der Waals surface area (Å²) in [5.41, 5.74) is 1.84. The Hall–Kier alpha value is -3.20. The number of halogens is 2. The maximum Gasteiger partial charge on any atom is 0.410 e. The lowest BCUT2D eigenvalue weighted by Crippen LogP contribution is -2.34. The van der Waals surface area contributed by atoms with Crippen LogP contribution in [0, 0.1) is 5.82 Å². The third-order valence-corrected chi connectivity index (χ3v) is 6.72. The van der Waals surface area contributed by atoms with E-state index in [9.17, 15) is 9.18 Å². The molecule has 1 saturated heterocycles. The Labute approximate surface area is 195 Å². The number of benzene rings is 1. The fourth-order valence-corrected chi connectivity index (χ4v) is 4.91. The van der Waals surface area contributed by atoms with E-state index in [0.29, 0.717) is 17.4 Å². The normalized spacial score (nSPS) is 18.5. The molecule has 2 aromatic heterocycles. The molecule has 3 aromatic rings. The lowest BCUT2D eigenvalue weighted by Gasteiger charge is -2.32. The van der Waals surface area contributed by atoms with Crippen molar-refractivity contribution in [1.82, 2.24) is 24.6 Å². The molecule has 0 radical (unpaired) electrons. The molecule has 1 amide bonds. The SMILES string of the molecule is COC(=O)N1Cc2cc(Cl)ccc2-n2c(C3CCN(c4ccc(F)cn4)CC3)nnc2C1C. The first kappa shape index (κ1) is 21.6. The van der Waals surface area contributed by atoms with Crippen LogP contribution in [0.3, 0.4) is 0 Å². The number of amides is 1. The van der Waals surface area contributed by atoms with E-state index in [2.05, 4.69) is 24.6 Å². The van der Waals surface area contributed by atoms with Gasteiger partial charge in [0.05, 0.1) is 31.6 Å². The van der Waals surface area contributed by atoms with Crippen LogP contribution in [0.25, 0.3) is 5.69 Å². The van der Waals surface area contributed by atoms with Crippen molar-refractivity contribution in [2.45, 2.75) is 38.3 Å². The van der Waals surface area contributed by atoms with Crippen molar-refractivity contribution in [3.05, 3.63) is 64.6 Å². The fraction of sp³-hybridized carbons (Fsp3) is 0.391. The van der Waals surface area contributed by atoms with Gasteiger partial charge in [0.2, 0.25) is 0 Å². The van der Waals surface area contributed by atoms with E-state index in [4.69, 9.17) is 16.3 Å². The third-order valence-electron chi connectivity index (χ3n) is 6.48. The second-order valence-electron chi connectivity index (χ2n) is 8.39. The zero-order chi connectivity index (χ0) is 23.1. The Kier molecular flexibility index (Phi) is 5.65. The average molecular weight is 471 g/mol. The van der Waals surface area contributed by atoms with E-state index in [1.54, 1.807) is 11.0 Å². The van der Waals surface area contributed by atoms with Crippen molar-refractivity contribution in [2.24, 2.45) is 0 Å². The summed E-state index contributed by atoms with van der Waals surface area (Å²) in [7, 11) is 1.37. The smallest absolute Gasteiger partial charge is 0.410 e. The standard InChI is InChI=1S/C23H24ClFN6O2/c1-14-21-27-28-22(15-7-9-29(10-8-15)20-6-4-18(25)12-26-20)31(21)19-5-3-17(24)11-16(19)13-30(14)23(32)33-2/h3-6,11-12,14-15H,7-10,13H2,1-2H3. The van der Waals surface area contributed by atoms with Gasteiger partial charge in [0, 0.05) is 24.0 Å². The molecule has 172 valence electrons. The van der Waals surface area contributed by atoms with Crippen molar-refractivity contribution in [1.29, 1.82) is 0 Å². The Morgan fingerprint density at radius 2 is 1.91 bits per heavy atom. The number of ether oxygens (including phenoxy) is 1. The van der Waals surface area contributed by atoms with Gasteiger partial charge in [-0.2, -0.15) is 0 Å². The number of methoxy groups -OCH3 is 1. The van der Waals surface area contributed by atoms with Gasteiger partial charge in [-0.1, -0.05) is 11.6 Å². The molecule has 0 saturated carbocycles. The highest BCUT2D eigenvalue weighted by molar-refractivity contribution is 6.30. The van der Waals surface area contributed by atoms with Gasteiger partial charge in [-0.3, -0.25) is 9.47 Å². The molecule has 2 aliphatic rings. The van der Waals surface area contributed by atoms with E-state index < -0.39 is 6.09 Å². The van der Waals surface area contributed by atoms with Gasteiger partial charge < -0.3 is 9.64 Å². The first-order valence-corrected chi connectivity index (χ1v) is 11.3. The molecule has 4 heterocycles. The van der Waals surface area contributed by atoms with Gasteiger partial charge in [-0.25, -0.2) is 14.2 Å². The number of hydrogen-bond donors (Lipinski definition) is 0. The molecular weight excluding hydrogens is 447 g/mol. The molecule has 10 heteroatoms. The minimum atomic E-state index is -0.425. The Bertz CT molecular complexity index is 1180. The summed E-state index contributed by atoms with van der Waals surface area (Å²) in [6.45, 7) is 3.85. The highest BCUT2D eigenvalue weighted by Gasteiger charge is 2.35. The highest BCUT2D eigenvalue weighted by atomic mass is 35.5. The van der Waals surface area contributed by atoms with Crippen LogP contribution in [0.2, 0.25) is 5.02 Å². The van der Waals surface area contributed by atoms with Crippen LogP contribution >= 0.6 is 11.6 Å². The predicted molar refractivity (Wildman–Crippen MR) is 121 cm³/mol. The van der Waals surface area contributed by atoms with Crippen LogP contribution in [-0.2, 0) is 11.3 Å². The number of pyridine rings is 1. The quantitative estimate of drug-likeness (QED) is 0.549. The van der Waals surface area contributed by atoms with Crippen molar-refractivity contribution in [2.75, 3.05) is 25.1 Å². The summed E-state index contributed by atoms with van der Waals surface area (Å²) in [5, 5.41) is 9.69. The largest absolute Gasteiger partial charge is 0.453 e. The molecule has 2 aliphatic heterocycles. The van der Waals surface area contributed by atoms with Gasteiger partial charge >= 0.3 is 6.09 Å². The molecule has 1 fully saturated rings. The molecule has 0 spiro atoms. The molecule has 1 aromatic carbocycles. The van der Waals surface area contributed by atoms with Crippen LogP contribution in [0.4, 0.5) is 15.0 Å². The van der Waals surface area contributed by atoms with E-state index in [1.165, 1.54) is 19.4 Å². The maximum absolute atomic E-state index is 13.2. The van der Waals surface area contributed by atoms with Gasteiger partial charge in [-0.05, 0) is 55.7 Å². The van der Waals surface area contributed by atoms with Gasteiger partial charge in [0.15, 0.2) is 5.82 Å². The monoisotopic (exact) mass is 470 g/mol. The van der Waals surface area contributed by atoms with Crippen molar-refractivity contribution in [3.8, 4) is 5.69 Å². The number of hydrogen-bond acceptors (Lipinski definition) is 6. The van der Waals surface area contributed by atoms with Gasteiger partial charge in [0.1, 0.15) is 17.5 Å². The van der Waals surface area contributed by atoms with Crippen LogP contribution < -0.4 is 4.90 Å². The average Bonchev–Trinajstić information content (AvgIpc) is 3.22. The molecule has 8 nitrogen and oxygen atoms in total. The number of aromatic nitrogens is 4. The summed E-state index contributed by atoms with van der Waals surface area (Å²) in [6, 6.07) is 8.49. The van der Waals surface area contributed by atoms with Crippen molar-refractivity contribution < 1.29 is 13.9 Å². The number of carbonyl (C=O) groups is 1. The zero-order valence-electron chi connectivity index (χ0n) is 18.4. The topological polar surface area (TPSA) is 76.4 Å². The summed E-state index contributed by atoms with van der Waals surface area (Å²) in [6.07, 6.45) is 2.53. The lowest BCUT2D eigenvalue weighted by molar-refractivity contribution is 0.103. The second-order valence-corrected chi connectivity index (χ2v) is 8.83. The Morgan fingerprint density at radius 3 is 2.61 bits per heavy atom. The van der Waals surface area contributed by atoms with E-state index in [1.807, 2.05) is 25.1 Å². The van der Waals surface area contributed by atoms with Gasteiger partial charge in [0.25, 0.3) is 0 Å². The molecule has 0 aliphatic carbocycles. The zero-order valence-corrected chi connectivity index (χ0v) is 19.2. The minimum absolute atomic E-state index is 0.184. The Balaban J connectivity index is 1.48. The third kappa shape index (κ3) is 3.90. The van der Waals surface area contributed by atoms with Gasteiger partial charge in [-0.15, -0.1) is 10.2 Å². The summed E-state index contributed by atoms with van der Waals surface area (Å²) in [5.74, 6) is 2.19. The lowest BCUT2D eigenvalue weighted by atomic mass is 9.95. The number of nitrogens with zero attached hydrogens (tertiary/aromatic N) is 6. The fourth-order valence-electron chi connectivity index (χ4n) is 4.71. The summed E-state index contributed by atoms with van der Waals surface area (Å²) >= 11 is 6.29. The van der Waals surface area contributed by atoms with Crippen LogP contribution in [0.1, 0.15) is 48.9 Å². The molecular formula is C23H24ClFN6O2. The number of fused-ring (bicyclic) bond motifs is 3. The first-order valence-electron chi connectivity index (χ1n) is 10.9. The highest BCUT2D eigenvalue weighted by Crippen LogP contribution is 2.37. The van der Waals surface area contributed by atoms with Crippen molar-refractivity contribution in [3.63, 3.8) is 0 Å². The number of piperidine rings is 1. The second kappa shape index (κ2) is 8.62. The molecule has 1 atom stereocenters. The Morgan fingerprint density at radius 1 is 1.15 bits per heavy atom. The number of rotatable bonds is 2. The van der Waals surface area contributed by atoms with E-state index >= 15 is 0 Å². The summed E-state index contributed by atoms with van der Waals surface area (Å²) < 4.78 is 20.3. The van der Waals surface area contributed by atoms with Crippen LogP contribution in [0.5, 0.6) is 0 Å². The van der Waals surface area contributed by atoms with Crippen molar-refractivity contribution >= 4 is 23.5 Å². The molecule has 5 rings (SSSR count). The molecule has 1 unspecified atom stereocenters. The van der Waals surface area contributed by atoms with E-state index in [-0.39, 0.29) is 17.8 Å². The van der Waals surface area contributed by atoms with Crippen LogP contribution in [-0.4, -0.2) is 50.9 Å².